The van der Waals surface area contributed by atoms with Crippen molar-refractivity contribution in [1.82, 2.24) is 10.2 Å². The maximum Gasteiger partial charge on any atom is 0.318 e. The zero-order chi connectivity index (χ0) is 20.7. The molecule has 1 aliphatic heterocycles. The third kappa shape index (κ3) is 4.13. The lowest BCUT2D eigenvalue weighted by Crippen LogP contribution is -2.41. The van der Waals surface area contributed by atoms with Gasteiger partial charge in [-0.3, -0.25) is 0 Å². The van der Waals surface area contributed by atoms with Crippen molar-refractivity contribution in [2.45, 2.75) is 64.1 Å². The topological polar surface area (TPSA) is 63.9 Å². The first-order valence-corrected chi connectivity index (χ1v) is 11.1. The van der Waals surface area contributed by atoms with Gasteiger partial charge in [-0.2, -0.15) is 0 Å². The van der Waals surface area contributed by atoms with Crippen molar-refractivity contribution in [3.63, 3.8) is 0 Å². The minimum absolute atomic E-state index is 0.0464. The summed E-state index contributed by atoms with van der Waals surface area (Å²) in [5.74, 6) is 4.73. The maximum absolute atomic E-state index is 13.1. The Kier molecular flexibility index (Phi) is 5.09. The summed E-state index contributed by atoms with van der Waals surface area (Å²) in [4.78, 5) is 15.0. The number of amides is 2. The second-order valence-corrected chi connectivity index (χ2v) is 8.91. The van der Waals surface area contributed by atoms with Crippen molar-refractivity contribution >= 4 is 6.03 Å². The molecule has 1 aromatic heterocycles. The van der Waals surface area contributed by atoms with Crippen LogP contribution in [0.5, 0.6) is 11.5 Å². The van der Waals surface area contributed by atoms with Crippen LogP contribution in [0.4, 0.5) is 4.79 Å². The Morgan fingerprint density at radius 1 is 1.17 bits per heavy atom. The number of benzene rings is 1. The molecule has 0 spiro atoms. The standard InChI is InChI=1S/C24H30N2O4/c1-15-12-20(15)21-9-7-19(30-21)14-26(18-5-6-18)24(27)25-16(2)17-4-8-22-23(13-17)29-11-3-10-28-22/h4,7-9,13,15-16,18,20H,3,5-6,10-12,14H2,1-2H3,(H,25,27). The Morgan fingerprint density at radius 2 is 1.93 bits per heavy atom. The summed E-state index contributed by atoms with van der Waals surface area (Å²) in [5.41, 5.74) is 1.01. The van der Waals surface area contributed by atoms with E-state index in [2.05, 4.69) is 18.3 Å². The highest BCUT2D eigenvalue weighted by atomic mass is 16.5. The van der Waals surface area contributed by atoms with Crippen LogP contribution in [-0.4, -0.2) is 30.2 Å². The largest absolute Gasteiger partial charge is 0.490 e. The molecule has 3 atom stereocenters. The van der Waals surface area contributed by atoms with Gasteiger partial charge in [0.25, 0.3) is 0 Å². The molecule has 3 aliphatic rings. The molecule has 0 radical (unpaired) electrons. The molecule has 2 fully saturated rings. The number of hydrogen-bond acceptors (Lipinski definition) is 4. The van der Waals surface area contributed by atoms with Crippen LogP contribution in [0.1, 0.15) is 68.6 Å². The van der Waals surface area contributed by atoms with E-state index in [1.807, 2.05) is 36.1 Å². The molecule has 30 heavy (non-hydrogen) atoms. The molecular weight excluding hydrogens is 380 g/mol. The van der Waals surface area contributed by atoms with E-state index in [1.54, 1.807) is 0 Å². The molecule has 2 heterocycles. The van der Waals surface area contributed by atoms with Gasteiger partial charge in [0.1, 0.15) is 11.5 Å². The number of nitrogens with one attached hydrogen (secondary N) is 1. The first-order valence-electron chi connectivity index (χ1n) is 11.1. The Balaban J connectivity index is 1.24. The highest BCUT2D eigenvalue weighted by Crippen LogP contribution is 2.47. The van der Waals surface area contributed by atoms with E-state index in [9.17, 15) is 4.79 Å². The number of hydrogen-bond donors (Lipinski definition) is 1. The van der Waals surface area contributed by atoms with E-state index in [0.29, 0.717) is 37.6 Å². The lowest BCUT2D eigenvalue weighted by molar-refractivity contribution is 0.183. The van der Waals surface area contributed by atoms with Gasteiger partial charge in [0.2, 0.25) is 0 Å². The lowest BCUT2D eigenvalue weighted by atomic mass is 10.1. The molecule has 2 aromatic rings. The van der Waals surface area contributed by atoms with Gasteiger partial charge in [0.05, 0.1) is 25.8 Å². The van der Waals surface area contributed by atoms with Crippen molar-refractivity contribution in [3.05, 3.63) is 47.4 Å². The third-order valence-electron chi connectivity index (χ3n) is 6.34. The van der Waals surface area contributed by atoms with Crippen LogP contribution in [-0.2, 0) is 6.54 Å². The molecule has 2 saturated carbocycles. The van der Waals surface area contributed by atoms with Crippen LogP contribution in [0.25, 0.3) is 0 Å². The predicted octanol–water partition coefficient (Wildman–Crippen LogP) is 5.00. The van der Waals surface area contributed by atoms with Crippen molar-refractivity contribution < 1.29 is 18.7 Å². The summed E-state index contributed by atoms with van der Waals surface area (Å²) >= 11 is 0. The number of ether oxygens (including phenoxy) is 2. The molecule has 0 bridgehead atoms. The van der Waals surface area contributed by atoms with Crippen LogP contribution in [0.3, 0.4) is 0 Å². The quantitative estimate of drug-likeness (QED) is 0.728. The summed E-state index contributed by atoms with van der Waals surface area (Å²) in [6.45, 7) is 6.09. The van der Waals surface area contributed by atoms with Gasteiger partial charge < -0.3 is 24.1 Å². The Morgan fingerprint density at radius 3 is 2.67 bits per heavy atom. The van der Waals surface area contributed by atoms with E-state index < -0.39 is 0 Å². The van der Waals surface area contributed by atoms with Crippen LogP contribution in [0.2, 0.25) is 0 Å². The maximum atomic E-state index is 13.1. The number of rotatable bonds is 6. The summed E-state index contributed by atoms with van der Waals surface area (Å²) in [7, 11) is 0. The molecule has 6 nitrogen and oxygen atoms in total. The fourth-order valence-corrected chi connectivity index (χ4v) is 4.12. The van der Waals surface area contributed by atoms with Gasteiger partial charge in [-0.25, -0.2) is 4.79 Å². The number of furan rings is 1. The van der Waals surface area contributed by atoms with Gasteiger partial charge in [-0.1, -0.05) is 13.0 Å². The van der Waals surface area contributed by atoms with E-state index in [-0.39, 0.29) is 12.1 Å². The summed E-state index contributed by atoms with van der Waals surface area (Å²) in [6, 6.07) is 10.1. The van der Waals surface area contributed by atoms with Gasteiger partial charge in [0, 0.05) is 18.4 Å². The van der Waals surface area contributed by atoms with Gasteiger partial charge in [-0.15, -0.1) is 0 Å². The van der Waals surface area contributed by atoms with E-state index >= 15 is 0 Å². The first-order chi connectivity index (χ1) is 14.6. The fourth-order valence-electron chi connectivity index (χ4n) is 4.12. The number of urea groups is 1. The van der Waals surface area contributed by atoms with Crippen LogP contribution < -0.4 is 14.8 Å². The van der Waals surface area contributed by atoms with Crippen LogP contribution in [0.15, 0.2) is 34.7 Å². The SMILES string of the molecule is CC(NC(=O)N(Cc1ccc(C2CC2C)o1)C1CC1)c1ccc2c(c1)OCCCO2. The predicted molar refractivity (Wildman–Crippen MR) is 113 cm³/mol. The minimum Gasteiger partial charge on any atom is -0.490 e. The molecule has 1 N–H and O–H groups in total. The normalized spacial score (nSPS) is 23.4. The average molecular weight is 411 g/mol. The fraction of sp³-hybridized carbons (Fsp3) is 0.542. The Hall–Kier alpha value is -2.63. The first kappa shape index (κ1) is 19.3. The Labute approximate surface area is 177 Å². The zero-order valence-electron chi connectivity index (χ0n) is 17.7. The second-order valence-electron chi connectivity index (χ2n) is 8.91. The monoisotopic (exact) mass is 410 g/mol. The molecule has 6 heteroatoms. The van der Waals surface area contributed by atoms with Crippen molar-refractivity contribution in [2.75, 3.05) is 13.2 Å². The van der Waals surface area contributed by atoms with Crippen molar-refractivity contribution in [2.24, 2.45) is 5.92 Å². The van der Waals surface area contributed by atoms with Gasteiger partial charge in [0.15, 0.2) is 11.5 Å². The molecule has 3 unspecified atom stereocenters. The van der Waals surface area contributed by atoms with E-state index in [0.717, 1.165) is 47.8 Å². The molecular formula is C24H30N2O4. The van der Waals surface area contributed by atoms with Crippen LogP contribution in [0, 0.1) is 5.92 Å². The summed E-state index contributed by atoms with van der Waals surface area (Å²) in [6.07, 6.45) is 4.19. The molecule has 160 valence electrons. The number of carbonyl (C=O) groups excluding carboxylic acids is 1. The minimum atomic E-state index is -0.129. The second kappa shape index (κ2) is 7.89. The summed E-state index contributed by atoms with van der Waals surface area (Å²) in [5, 5.41) is 3.16. The average Bonchev–Trinajstić information content (AvgIpc) is 3.65. The molecule has 0 saturated heterocycles. The molecule has 1 aromatic carbocycles. The number of fused-ring (bicyclic) bond motifs is 1. The Bertz CT molecular complexity index is 920. The smallest absolute Gasteiger partial charge is 0.318 e. The number of carbonyl (C=O) groups is 1. The summed E-state index contributed by atoms with van der Waals surface area (Å²) < 4.78 is 17.5. The van der Waals surface area contributed by atoms with E-state index in [4.69, 9.17) is 13.9 Å². The third-order valence-corrected chi connectivity index (χ3v) is 6.34. The number of nitrogens with zero attached hydrogens (tertiary/aromatic N) is 1. The van der Waals surface area contributed by atoms with Crippen molar-refractivity contribution in [1.29, 1.82) is 0 Å². The van der Waals surface area contributed by atoms with Crippen LogP contribution >= 0.6 is 0 Å². The van der Waals surface area contributed by atoms with Gasteiger partial charge in [-0.05, 0) is 61.9 Å². The molecule has 2 amide bonds. The molecule has 5 rings (SSSR count). The highest BCUT2D eigenvalue weighted by molar-refractivity contribution is 5.75. The lowest BCUT2D eigenvalue weighted by Gasteiger charge is -2.25. The highest BCUT2D eigenvalue weighted by Gasteiger charge is 2.37. The van der Waals surface area contributed by atoms with Crippen molar-refractivity contribution in [3.8, 4) is 11.5 Å². The van der Waals surface area contributed by atoms with E-state index in [1.165, 1.54) is 6.42 Å². The zero-order valence-corrected chi connectivity index (χ0v) is 17.7. The van der Waals surface area contributed by atoms with Gasteiger partial charge >= 0.3 is 6.03 Å². The molecule has 2 aliphatic carbocycles.